The summed E-state index contributed by atoms with van der Waals surface area (Å²) in [6.07, 6.45) is 6.28. The highest BCUT2D eigenvalue weighted by molar-refractivity contribution is 9.10. The van der Waals surface area contributed by atoms with E-state index >= 15 is 0 Å². The Balaban J connectivity index is 1.82. The van der Waals surface area contributed by atoms with E-state index in [-0.39, 0.29) is 11.9 Å². The van der Waals surface area contributed by atoms with Crippen molar-refractivity contribution in [1.29, 1.82) is 0 Å². The number of nitrogens with one attached hydrogen (secondary N) is 1. The van der Waals surface area contributed by atoms with E-state index in [9.17, 15) is 4.79 Å². The first-order chi connectivity index (χ1) is 11.2. The predicted octanol–water partition coefficient (Wildman–Crippen LogP) is 2.61. The van der Waals surface area contributed by atoms with Gasteiger partial charge in [-0.15, -0.1) is 0 Å². The SMILES string of the molecule is O=C(NC(Cn1cncn1)c1ccccc1)c1cncc(Br)c1. The molecule has 23 heavy (non-hydrogen) atoms. The van der Waals surface area contributed by atoms with Crippen molar-refractivity contribution in [2.75, 3.05) is 0 Å². The number of halogens is 1. The molecule has 0 radical (unpaired) electrons. The second kappa shape index (κ2) is 7.15. The van der Waals surface area contributed by atoms with Crippen molar-refractivity contribution in [3.05, 3.63) is 77.0 Å². The monoisotopic (exact) mass is 371 g/mol. The van der Waals surface area contributed by atoms with Crippen LogP contribution in [0.1, 0.15) is 22.0 Å². The lowest BCUT2D eigenvalue weighted by atomic mass is 10.1. The Morgan fingerprint density at radius 2 is 2.04 bits per heavy atom. The van der Waals surface area contributed by atoms with E-state index < -0.39 is 0 Å². The van der Waals surface area contributed by atoms with Crippen LogP contribution < -0.4 is 5.32 Å². The van der Waals surface area contributed by atoms with Gasteiger partial charge < -0.3 is 5.32 Å². The topological polar surface area (TPSA) is 72.7 Å². The number of benzene rings is 1. The molecule has 0 aliphatic heterocycles. The van der Waals surface area contributed by atoms with Gasteiger partial charge in [-0.3, -0.25) is 14.5 Å². The van der Waals surface area contributed by atoms with Gasteiger partial charge in [-0.05, 0) is 27.6 Å². The highest BCUT2D eigenvalue weighted by Crippen LogP contribution is 2.16. The number of rotatable bonds is 5. The molecule has 0 fully saturated rings. The zero-order valence-electron chi connectivity index (χ0n) is 12.1. The fourth-order valence-electron chi connectivity index (χ4n) is 2.21. The first kappa shape index (κ1) is 15.4. The number of carbonyl (C=O) groups is 1. The summed E-state index contributed by atoms with van der Waals surface area (Å²) in [5.74, 6) is -0.187. The van der Waals surface area contributed by atoms with Gasteiger partial charge in [-0.25, -0.2) is 4.98 Å². The van der Waals surface area contributed by atoms with E-state index in [0.29, 0.717) is 12.1 Å². The van der Waals surface area contributed by atoms with E-state index in [0.717, 1.165) is 10.0 Å². The molecular formula is C16H14BrN5O. The lowest BCUT2D eigenvalue weighted by Gasteiger charge is -2.19. The average Bonchev–Trinajstić information content (AvgIpc) is 3.08. The summed E-state index contributed by atoms with van der Waals surface area (Å²) in [6.45, 7) is 0.497. The van der Waals surface area contributed by atoms with Crippen molar-refractivity contribution < 1.29 is 4.79 Å². The Kier molecular flexibility index (Phi) is 4.77. The molecule has 3 rings (SSSR count). The van der Waals surface area contributed by atoms with Crippen LogP contribution in [0.15, 0.2) is 65.9 Å². The Morgan fingerprint density at radius 1 is 1.22 bits per heavy atom. The van der Waals surface area contributed by atoms with Crippen molar-refractivity contribution >= 4 is 21.8 Å². The summed E-state index contributed by atoms with van der Waals surface area (Å²) >= 11 is 3.33. The largest absolute Gasteiger partial charge is 0.343 e. The molecule has 1 aromatic carbocycles. The van der Waals surface area contributed by atoms with Crippen LogP contribution in [-0.2, 0) is 6.54 Å². The molecule has 0 aliphatic rings. The first-order valence-corrected chi connectivity index (χ1v) is 7.80. The summed E-state index contributed by atoms with van der Waals surface area (Å²) in [5.41, 5.74) is 1.50. The summed E-state index contributed by atoms with van der Waals surface area (Å²) < 4.78 is 2.45. The molecule has 2 heterocycles. The lowest BCUT2D eigenvalue weighted by Crippen LogP contribution is -2.31. The van der Waals surface area contributed by atoms with Crippen LogP contribution in [0.4, 0.5) is 0 Å². The van der Waals surface area contributed by atoms with Crippen LogP contribution in [0.25, 0.3) is 0 Å². The van der Waals surface area contributed by atoms with E-state index in [2.05, 4.69) is 36.3 Å². The van der Waals surface area contributed by atoms with Gasteiger partial charge in [0.2, 0.25) is 0 Å². The second-order valence-electron chi connectivity index (χ2n) is 4.95. The summed E-state index contributed by atoms with van der Waals surface area (Å²) in [7, 11) is 0. The standard InChI is InChI=1S/C16H14BrN5O/c17-14-6-13(7-18-8-14)16(23)21-15(9-22-11-19-10-20-22)12-4-2-1-3-5-12/h1-8,10-11,15H,9H2,(H,21,23). The molecule has 1 amide bonds. The van der Waals surface area contributed by atoms with Gasteiger partial charge in [-0.2, -0.15) is 5.10 Å². The maximum Gasteiger partial charge on any atom is 0.253 e. The third kappa shape index (κ3) is 4.01. The highest BCUT2D eigenvalue weighted by Gasteiger charge is 2.17. The molecule has 1 atom stereocenters. The smallest absolute Gasteiger partial charge is 0.253 e. The first-order valence-electron chi connectivity index (χ1n) is 7.01. The zero-order valence-corrected chi connectivity index (χ0v) is 13.7. The molecular weight excluding hydrogens is 358 g/mol. The van der Waals surface area contributed by atoms with Gasteiger partial charge in [0.25, 0.3) is 5.91 Å². The Hall–Kier alpha value is -2.54. The molecule has 116 valence electrons. The van der Waals surface area contributed by atoms with Gasteiger partial charge in [0.05, 0.1) is 18.2 Å². The molecule has 0 bridgehead atoms. The molecule has 3 aromatic rings. The molecule has 1 unspecified atom stereocenters. The van der Waals surface area contributed by atoms with Gasteiger partial charge in [0, 0.05) is 16.9 Å². The van der Waals surface area contributed by atoms with Gasteiger partial charge >= 0.3 is 0 Å². The normalized spacial score (nSPS) is 11.9. The van der Waals surface area contributed by atoms with E-state index in [1.54, 1.807) is 23.3 Å². The fourth-order valence-corrected chi connectivity index (χ4v) is 2.58. The molecule has 7 heteroatoms. The quantitative estimate of drug-likeness (QED) is 0.747. The minimum Gasteiger partial charge on any atom is -0.343 e. The van der Waals surface area contributed by atoms with E-state index in [1.807, 2.05) is 30.3 Å². The molecule has 0 saturated carbocycles. The minimum atomic E-state index is -0.218. The van der Waals surface area contributed by atoms with Crippen molar-refractivity contribution in [2.45, 2.75) is 12.6 Å². The van der Waals surface area contributed by atoms with Crippen molar-refractivity contribution in [2.24, 2.45) is 0 Å². The maximum absolute atomic E-state index is 12.5. The predicted molar refractivity (Wildman–Crippen MR) is 88.6 cm³/mol. The fraction of sp³-hybridized carbons (Fsp3) is 0.125. The molecule has 6 nitrogen and oxygen atoms in total. The van der Waals surface area contributed by atoms with Crippen LogP contribution in [0.2, 0.25) is 0 Å². The molecule has 0 saturated heterocycles. The Labute approximate surface area is 141 Å². The van der Waals surface area contributed by atoms with E-state index in [4.69, 9.17) is 0 Å². The second-order valence-corrected chi connectivity index (χ2v) is 5.86. The van der Waals surface area contributed by atoms with E-state index in [1.165, 1.54) is 12.5 Å². The summed E-state index contributed by atoms with van der Waals surface area (Å²) in [4.78, 5) is 20.5. The molecule has 1 N–H and O–H groups in total. The van der Waals surface area contributed by atoms with Crippen LogP contribution in [0.5, 0.6) is 0 Å². The number of aromatic nitrogens is 4. The highest BCUT2D eigenvalue weighted by atomic mass is 79.9. The van der Waals surface area contributed by atoms with Crippen molar-refractivity contribution in [3.63, 3.8) is 0 Å². The number of hydrogen-bond acceptors (Lipinski definition) is 4. The third-order valence-electron chi connectivity index (χ3n) is 3.31. The molecule has 0 aliphatic carbocycles. The van der Waals surface area contributed by atoms with Gasteiger partial charge in [-0.1, -0.05) is 30.3 Å². The number of nitrogens with zero attached hydrogens (tertiary/aromatic N) is 4. The van der Waals surface area contributed by atoms with Crippen molar-refractivity contribution in [3.8, 4) is 0 Å². The lowest BCUT2D eigenvalue weighted by molar-refractivity contribution is 0.0931. The molecule has 2 aromatic heterocycles. The average molecular weight is 372 g/mol. The van der Waals surface area contributed by atoms with Gasteiger partial charge in [0.15, 0.2) is 0 Å². The number of amides is 1. The van der Waals surface area contributed by atoms with Crippen molar-refractivity contribution in [1.82, 2.24) is 25.1 Å². The van der Waals surface area contributed by atoms with Crippen LogP contribution >= 0.6 is 15.9 Å². The number of hydrogen-bond donors (Lipinski definition) is 1. The Morgan fingerprint density at radius 3 is 2.74 bits per heavy atom. The summed E-state index contributed by atoms with van der Waals surface area (Å²) in [5, 5.41) is 7.14. The summed E-state index contributed by atoms with van der Waals surface area (Å²) in [6, 6.07) is 11.3. The molecule has 0 spiro atoms. The number of pyridine rings is 1. The van der Waals surface area contributed by atoms with Crippen LogP contribution in [-0.4, -0.2) is 25.7 Å². The van der Waals surface area contributed by atoms with Gasteiger partial charge in [0.1, 0.15) is 12.7 Å². The zero-order chi connectivity index (χ0) is 16.1. The van der Waals surface area contributed by atoms with Crippen LogP contribution in [0.3, 0.4) is 0 Å². The maximum atomic E-state index is 12.5. The third-order valence-corrected chi connectivity index (χ3v) is 3.74. The Bertz CT molecular complexity index is 776. The minimum absolute atomic E-state index is 0.187. The van der Waals surface area contributed by atoms with Crippen LogP contribution in [0, 0.1) is 0 Å². The number of carbonyl (C=O) groups excluding carboxylic acids is 1.